The van der Waals surface area contributed by atoms with E-state index in [1.54, 1.807) is 19.1 Å². The van der Waals surface area contributed by atoms with Gasteiger partial charge in [0.25, 0.3) is 0 Å². The lowest BCUT2D eigenvalue weighted by Gasteiger charge is -2.38. The smallest absolute Gasteiger partial charge is 0.320 e. The Morgan fingerprint density at radius 2 is 1.65 bits per heavy atom. The van der Waals surface area contributed by atoms with E-state index in [1.165, 1.54) is 0 Å². The molecule has 1 rings (SSSR count). The number of urea groups is 1. The fourth-order valence-electron chi connectivity index (χ4n) is 2.19. The Bertz CT molecular complexity index is 276. The van der Waals surface area contributed by atoms with Crippen LogP contribution in [0.5, 0.6) is 0 Å². The van der Waals surface area contributed by atoms with E-state index in [1.807, 2.05) is 4.90 Å². The Balaban J connectivity index is 2.47. The average Bonchev–Trinajstić information content (AvgIpc) is 2.47. The summed E-state index contributed by atoms with van der Waals surface area (Å²) in [5.74, 6) is 0. The average molecular weight is 305 g/mol. The van der Waals surface area contributed by atoms with Crippen LogP contribution < -0.4 is 0 Å². The highest BCUT2D eigenvalue weighted by Crippen LogP contribution is 2.10. The van der Waals surface area contributed by atoms with Crippen LogP contribution in [0.1, 0.15) is 6.92 Å². The van der Waals surface area contributed by atoms with Crippen LogP contribution in [0.25, 0.3) is 0 Å². The molecule has 1 aliphatic heterocycles. The highest BCUT2D eigenvalue weighted by atomic mass is 32.1. The zero-order chi connectivity index (χ0) is 15.0. The van der Waals surface area contributed by atoms with Gasteiger partial charge in [0.05, 0.1) is 18.6 Å². The van der Waals surface area contributed by atoms with E-state index in [4.69, 9.17) is 9.47 Å². The first-order chi connectivity index (χ1) is 9.60. The second-order valence-electron chi connectivity index (χ2n) is 4.91. The van der Waals surface area contributed by atoms with E-state index in [9.17, 15) is 4.79 Å². The van der Waals surface area contributed by atoms with Gasteiger partial charge in [-0.1, -0.05) is 0 Å². The molecule has 1 heterocycles. The maximum atomic E-state index is 12.5. The fourth-order valence-corrected chi connectivity index (χ4v) is 2.42. The van der Waals surface area contributed by atoms with Crippen LogP contribution in [0.3, 0.4) is 0 Å². The first kappa shape index (κ1) is 17.6. The minimum Gasteiger partial charge on any atom is -0.383 e. The Kier molecular flexibility index (Phi) is 8.28. The number of thiol groups is 1. The zero-order valence-corrected chi connectivity index (χ0v) is 13.6. The number of methoxy groups -OCH3 is 2. The van der Waals surface area contributed by atoms with Crippen LogP contribution >= 0.6 is 12.6 Å². The fraction of sp³-hybridized carbons (Fsp3) is 0.923. The standard InChI is InChI=1S/C13H27N3O3S/c1-12(20)14-4-6-15(7-5-14)13(17)16(8-10-18-2)9-11-19-3/h12,20H,4-11H2,1-3H3. The van der Waals surface area contributed by atoms with Crippen molar-refractivity contribution in [2.75, 3.05) is 66.7 Å². The molecular weight excluding hydrogens is 278 g/mol. The molecule has 7 heteroatoms. The second-order valence-corrected chi connectivity index (χ2v) is 5.66. The molecule has 0 N–H and O–H groups in total. The van der Waals surface area contributed by atoms with Crippen molar-refractivity contribution in [3.8, 4) is 0 Å². The van der Waals surface area contributed by atoms with Crippen LogP contribution in [0, 0.1) is 0 Å². The molecule has 0 aliphatic carbocycles. The van der Waals surface area contributed by atoms with Crippen LogP contribution in [-0.4, -0.2) is 92.8 Å². The molecule has 0 aromatic carbocycles. The zero-order valence-electron chi connectivity index (χ0n) is 12.7. The Morgan fingerprint density at radius 3 is 2.05 bits per heavy atom. The molecule has 2 amide bonds. The number of carbonyl (C=O) groups is 1. The van der Waals surface area contributed by atoms with Gasteiger partial charge in [-0.2, -0.15) is 12.6 Å². The number of nitrogens with zero attached hydrogens (tertiary/aromatic N) is 3. The quantitative estimate of drug-likeness (QED) is 0.700. The lowest BCUT2D eigenvalue weighted by Crippen LogP contribution is -2.54. The summed E-state index contributed by atoms with van der Waals surface area (Å²) in [6.45, 7) is 7.60. The van der Waals surface area contributed by atoms with Crippen LogP contribution in [0.4, 0.5) is 4.79 Å². The van der Waals surface area contributed by atoms with Crippen LogP contribution in [0.2, 0.25) is 0 Å². The van der Waals surface area contributed by atoms with Gasteiger partial charge < -0.3 is 19.3 Å². The summed E-state index contributed by atoms with van der Waals surface area (Å²) in [5, 5.41) is 0.241. The summed E-state index contributed by atoms with van der Waals surface area (Å²) in [5.41, 5.74) is 0. The molecule has 0 aromatic rings. The van der Waals surface area contributed by atoms with Crippen molar-refractivity contribution >= 4 is 18.7 Å². The Labute approximate surface area is 127 Å². The second kappa shape index (κ2) is 9.44. The van der Waals surface area contributed by atoms with Gasteiger partial charge in [-0.3, -0.25) is 4.90 Å². The molecule has 1 atom stereocenters. The molecular formula is C13H27N3O3S. The minimum absolute atomic E-state index is 0.0746. The highest BCUT2D eigenvalue weighted by Gasteiger charge is 2.25. The first-order valence-corrected chi connectivity index (χ1v) is 7.55. The SMILES string of the molecule is COCCN(CCOC)C(=O)N1CCN(C(C)S)CC1. The normalized spacial score (nSPS) is 18.1. The van der Waals surface area contributed by atoms with Crippen molar-refractivity contribution in [1.82, 2.24) is 14.7 Å². The largest absolute Gasteiger partial charge is 0.383 e. The Morgan fingerprint density at radius 1 is 1.15 bits per heavy atom. The molecule has 20 heavy (non-hydrogen) atoms. The van der Waals surface area contributed by atoms with Gasteiger partial charge in [0, 0.05) is 53.5 Å². The number of piperazine rings is 1. The van der Waals surface area contributed by atoms with Gasteiger partial charge in [0.15, 0.2) is 0 Å². The molecule has 1 saturated heterocycles. The molecule has 0 radical (unpaired) electrons. The molecule has 0 saturated carbocycles. The van der Waals surface area contributed by atoms with Gasteiger partial charge in [-0.05, 0) is 6.92 Å². The van der Waals surface area contributed by atoms with Crippen molar-refractivity contribution in [2.45, 2.75) is 12.3 Å². The topological polar surface area (TPSA) is 45.3 Å². The van der Waals surface area contributed by atoms with E-state index < -0.39 is 0 Å². The molecule has 1 unspecified atom stereocenters. The van der Waals surface area contributed by atoms with Crippen LogP contribution in [-0.2, 0) is 9.47 Å². The minimum atomic E-state index is 0.0746. The lowest BCUT2D eigenvalue weighted by molar-refractivity contribution is 0.0855. The van der Waals surface area contributed by atoms with Gasteiger partial charge in [0.2, 0.25) is 0 Å². The van der Waals surface area contributed by atoms with E-state index in [-0.39, 0.29) is 11.4 Å². The summed E-state index contributed by atoms with van der Waals surface area (Å²) >= 11 is 4.43. The van der Waals surface area contributed by atoms with E-state index in [2.05, 4.69) is 24.5 Å². The van der Waals surface area contributed by atoms with Crippen molar-refractivity contribution in [3.63, 3.8) is 0 Å². The molecule has 6 nitrogen and oxygen atoms in total. The molecule has 1 fully saturated rings. The van der Waals surface area contributed by atoms with E-state index in [0.717, 1.165) is 26.2 Å². The highest BCUT2D eigenvalue weighted by molar-refractivity contribution is 7.80. The summed E-state index contributed by atoms with van der Waals surface area (Å²) < 4.78 is 10.1. The number of amides is 2. The van der Waals surface area contributed by atoms with Crippen LogP contribution in [0.15, 0.2) is 0 Å². The lowest BCUT2D eigenvalue weighted by atomic mass is 10.3. The third kappa shape index (κ3) is 5.47. The van der Waals surface area contributed by atoms with Gasteiger partial charge in [-0.25, -0.2) is 4.79 Å². The maximum absolute atomic E-state index is 12.5. The van der Waals surface area contributed by atoms with E-state index in [0.29, 0.717) is 26.3 Å². The molecule has 118 valence electrons. The number of carbonyl (C=O) groups excluding carboxylic acids is 1. The molecule has 0 aromatic heterocycles. The predicted octanol–water partition coefficient (Wildman–Crippen LogP) is 0.595. The number of rotatable bonds is 7. The third-order valence-corrected chi connectivity index (χ3v) is 3.84. The summed E-state index contributed by atoms with van der Waals surface area (Å²) in [6, 6.07) is 0.0746. The summed E-state index contributed by atoms with van der Waals surface area (Å²) in [6.07, 6.45) is 0. The summed E-state index contributed by atoms with van der Waals surface area (Å²) in [7, 11) is 3.29. The van der Waals surface area contributed by atoms with Crippen molar-refractivity contribution < 1.29 is 14.3 Å². The van der Waals surface area contributed by atoms with Crippen molar-refractivity contribution in [2.24, 2.45) is 0 Å². The number of hydrogen-bond donors (Lipinski definition) is 1. The number of hydrogen-bond acceptors (Lipinski definition) is 5. The maximum Gasteiger partial charge on any atom is 0.320 e. The Hall–Kier alpha value is -0.500. The predicted molar refractivity (Wildman–Crippen MR) is 82.3 cm³/mol. The van der Waals surface area contributed by atoms with Gasteiger partial charge in [0.1, 0.15) is 0 Å². The van der Waals surface area contributed by atoms with Crippen molar-refractivity contribution in [3.05, 3.63) is 0 Å². The molecule has 0 spiro atoms. The van der Waals surface area contributed by atoms with Gasteiger partial charge >= 0.3 is 6.03 Å². The molecule has 1 aliphatic rings. The summed E-state index contributed by atoms with van der Waals surface area (Å²) in [4.78, 5) is 18.5. The number of ether oxygens (including phenoxy) is 2. The van der Waals surface area contributed by atoms with E-state index >= 15 is 0 Å². The molecule has 0 bridgehead atoms. The van der Waals surface area contributed by atoms with Gasteiger partial charge in [-0.15, -0.1) is 0 Å². The first-order valence-electron chi connectivity index (χ1n) is 7.04. The third-order valence-electron chi connectivity index (χ3n) is 3.51. The monoisotopic (exact) mass is 305 g/mol. The van der Waals surface area contributed by atoms with Crippen molar-refractivity contribution in [1.29, 1.82) is 0 Å².